The number of pyridine rings is 1. The topological polar surface area (TPSA) is 22.0 Å². The summed E-state index contributed by atoms with van der Waals surface area (Å²) in [5, 5.41) is 2.23. The van der Waals surface area contributed by atoms with Crippen molar-refractivity contribution in [2.45, 2.75) is 6.92 Å². The molecule has 0 bridgehead atoms. The van der Waals surface area contributed by atoms with Crippen LogP contribution < -0.4 is 5.56 Å². The molecule has 2 rings (SSSR count). The smallest absolute Gasteiger partial charge is 0.260 e. The highest BCUT2D eigenvalue weighted by Gasteiger charge is 2.09. The van der Waals surface area contributed by atoms with Crippen LogP contribution in [0.1, 0.15) is 5.56 Å². The molecule has 0 aliphatic heterocycles. The van der Waals surface area contributed by atoms with E-state index in [4.69, 9.17) is 23.2 Å². The van der Waals surface area contributed by atoms with Crippen molar-refractivity contribution in [3.63, 3.8) is 0 Å². The van der Waals surface area contributed by atoms with Gasteiger partial charge in [0.2, 0.25) is 0 Å². The van der Waals surface area contributed by atoms with Crippen LogP contribution in [0, 0.1) is 6.92 Å². The van der Waals surface area contributed by atoms with Crippen LogP contribution in [0.4, 0.5) is 0 Å². The summed E-state index contributed by atoms with van der Waals surface area (Å²) in [5.41, 5.74) is 0.834. The van der Waals surface area contributed by atoms with Gasteiger partial charge < -0.3 is 4.57 Å². The highest BCUT2D eigenvalue weighted by atomic mass is 35.5. The second-order valence-corrected chi connectivity index (χ2v) is 4.28. The van der Waals surface area contributed by atoms with E-state index in [0.717, 1.165) is 10.9 Å². The minimum absolute atomic E-state index is 0.161. The Morgan fingerprint density at radius 2 is 1.93 bits per heavy atom. The minimum Gasteiger partial charge on any atom is -0.302 e. The molecule has 0 unspecified atom stereocenters. The van der Waals surface area contributed by atoms with Crippen molar-refractivity contribution in [2.24, 2.45) is 7.05 Å². The van der Waals surface area contributed by atoms with Gasteiger partial charge in [-0.2, -0.15) is 0 Å². The molecule has 0 amide bonds. The summed E-state index contributed by atoms with van der Waals surface area (Å²) in [4.78, 5) is 11.9. The fourth-order valence-corrected chi connectivity index (χ4v) is 2.01. The molecule has 2 aromatic rings. The maximum Gasteiger partial charge on any atom is 0.260 e. The normalized spacial score (nSPS) is 10.9. The van der Waals surface area contributed by atoms with Crippen LogP contribution in [-0.4, -0.2) is 4.57 Å². The number of rotatable bonds is 0. The summed E-state index contributed by atoms with van der Waals surface area (Å²) >= 11 is 11.9. The van der Waals surface area contributed by atoms with E-state index in [9.17, 15) is 4.79 Å². The molecule has 15 heavy (non-hydrogen) atoms. The quantitative estimate of drug-likeness (QED) is 0.650. The second kappa shape index (κ2) is 3.54. The van der Waals surface area contributed by atoms with Crippen molar-refractivity contribution in [3.05, 3.63) is 44.3 Å². The van der Waals surface area contributed by atoms with E-state index < -0.39 is 0 Å². The Morgan fingerprint density at radius 3 is 2.60 bits per heavy atom. The molecule has 0 spiro atoms. The van der Waals surface area contributed by atoms with Gasteiger partial charge in [-0.15, -0.1) is 0 Å². The lowest BCUT2D eigenvalue weighted by molar-refractivity contribution is 0.874. The molecule has 4 heteroatoms. The zero-order valence-electron chi connectivity index (χ0n) is 8.34. The molecule has 0 atom stereocenters. The van der Waals surface area contributed by atoms with Crippen LogP contribution in [0.3, 0.4) is 0 Å². The van der Waals surface area contributed by atoms with Gasteiger partial charge in [-0.1, -0.05) is 29.3 Å². The first-order valence-corrected chi connectivity index (χ1v) is 5.22. The average molecular weight is 242 g/mol. The third kappa shape index (κ3) is 1.54. The Hall–Kier alpha value is -0.990. The van der Waals surface area contributed by atoms with E-state index in [1.54, 1.807) is 19.2 Å². The summed E-state index contributed by atoms with van der Waals surface area (Å²) in [6, 6.07) is 5.37. The van der Waals surface area contributed by atoms with Crippen LogP contribution in [0.5, 0.6) is 0 Å². The molecule has 0 aliphatic rings. The summed E-state index contributed by atoms with van der Waals surface area (Å²) in [6.45, 7) is 1.93. The van der Waals surface area contributed by atoms with Gasteiger partial charge in [-0.3, -0.25) is 4.79 Å². The van der Waals surface area contributed by atoms with Gasteiger partial charge in [-0.05, 0) is 30.0 Å². The van der Waals surface area contributed by atoms with Gasteiger partial charge in [0.25, 0.3) is 5.56 Å². The van der Waals surface area contributed by atoms with Crippen LogP contribution >= 0.6 is 23.2 Å². The third-order valence-corrected chi connectivity index (χ3v) is 3.19. The van der Waals surface area contributed by atoms with Crippen molar-refractivity contribution >= 4 is 34.0 Å². The molecule has 0 aliphatic carbocycles. The molecule has 0 N–H and O–H groups in total. The number of aromatic nitrogens is 1. The molecular weight excluding hydrogens is 233 g/mol. The summed E-state index contributed by atoms with van der Waals surface area (Å²) in [6.07, 6.45) is 0. The Labute approximate surface area is 97.0 Å². The maximum absolute atomic E-state index is 11.9. The molecule has 0 fully saturated rings. The number of hydrogen-bond donors (Lipinski definition) is 0. The monoisotopic (exact) mass is 241 g/mol. The fraction of sp³-hybridized carbons (Fsp3) is 0.182. The van der Waals surface area contributed by atoms with E-state index in [0.29, 0.717) is 15.6 Å². The van der Waals surface area contributed by atoms with Crippen molar-refractivity contribution in [1.82, 2.24) is 4.57 Å². The van der Waals surface area contributed by atoms with Crippen LogP contribution in [0.15, 0.2) is 23.0 Å². The summed E-state index contributed by atoms with van der Waals surface area (Å²) < 4.78 is 1.38. The lowest BCUT2D eigenvalue weighted by Gasteiger charge is -2.07. The van der Waals surface area contributed by atoms with Gasteiger partial charge in [0, 0.05) is 7.05 Å². The van der Waals surface area contributed by atoms with E-state index in [1.807, 2.05) is 13.0 Å². The van der Waals surface area contributed by atoms with Gasteiger partial charge in [0.1, 0.15) is 5.15 Å². The Balaban J connectivity index is 3.12. The Kier molecular flexibility index (Phi) is 2.49. The number of nitrogens with zero attached hydrogens (tertiary/aromatic N) is 1. The Bertz CT molecular complexity index is 602. The molecule has 0 saturated heterocycles. The third-order valence-electron chi connectivity index (χ3n) is 2.52. The van der Waals surface area contributed by atoms with Gasteiger partial charge in [0.15, 0.2) is 0 Å². The summed E-state index contributed by atoms with van der Waals surface area (Å²) in [5.74, 6) is 0. The number of aryl methyl sites for hydroxylation is 1. The highest BCUT2D eigenvalue weighted by Crippen LogP contribution is 2.25. The molecule has 78 valence electrons. The fourth-order valence-electron chi connectivity index (χ4n) is 1.58. The van der Waals surface area contributed by atoms with Crippen LogP contribution in [-0.2, 0) is 7.05 Å². The van der Waals surface area contributed by atoms with Crippen molar-refractivity contribution in [2.75, 3.05) is 0 Å². The largest absolute Gasteiger partial charge is 0.302 e. The zero-order valence-corrected chi connectivity index (χ0v) is 9.86. The van der Waals surface area contributed by atoms with Gasteiger partial charge >= 0.3 is 0 Å². The van der Waals surface area contributed by atoms with Crippen LogP contribution in [0.2, 0.25) is 10.2 Å². The standard InChI is InChI=1S/C11H9Cl2NO/c1-6-3-4-8(12)10-7(6)5-9(13)14(2)11(10)15/h3-5H,1-2H3. The molecule has 0 radical (unpaired) electrons. The Morgan fingerprint density at radius 1 is 1.27 bits per heavy atom. The van der Waals surface area contributed by atoms with E-state index in [-0.39, 0.29) is 5.56 Å². The molecule has 0 saturated carbocycles. The van der Waals surface area contributed by atoms with E-state index >= 15 is 0 Å². The maximum atomic E-state index is 11.9. The predicted octanol–water partition coefficient (Wildman–Crippen LogP) is 3.15. The highest BCUT2D eigenvalue weighted by molar-refractivity contribution is 6.36. The van der Waals surface area contributed by atoms with Crippen LogP contribution in [0.25, 0.3) is 10.8 Å². The first-order valence-electron chi connectivity index (χ1n) is 4.46. The number of hydrogen-bond acceptors (Lipinski definition) is 1. The van der Waals surface area contributed by atoms with Crippen molar-refractivity contribution in [1.29, 1.82) is 0 Å². The van der Waals surface area contributed by atoms with Crippen molar-refractivity contribution in [3.8, 4) is 0 Å². The van der Waals surface area contributed by atoms with E-state index in [2.05, 4.69) is 0 Å². The second-order valence-electron chi connectivity index (χ2n) is 3.48. The molecule has 1 aromatic heterocycles. The minimum atomic E-state index is -0.161. The lowest BCUT2D eigenvalue weighted by Crippen LogP contribution is -2.17. The average Bonchev–Trinajstić information content (AvgIpc) is 2.20. The molecule has 1 aromatic carbocycles. The molecular formula is C11H9Cl2NO. The van der Waals surface area contributed by atoms with E-state index in [1.165, 1.54) is 4.57 Å². The molecule has 1 heterocycles. The first kappa shape index (κ1) is 10.5. The molecule has 2 nitrogen and oxygen atoms in total. The number of benzene rings is 1. The first-order chi connectivity index (χ1) is 7.02. The van der Waals surface area contributed by atoms with Gasteiger partial charge in [0.05, 0.1) is 10.4 Å². The lowest BCUT2D eigenvalue weighted by atomic mass is 10.1. The van der Waals surface area contributed by atoms with Gasteiger partial charge in [-0.25, -0.2) is 0 Å². The zero-order chi connectivity index (χ0) is 11.2. The van der Waals surface area contributed by atoms with Crippen molar-refractivity contribution < 1.29 is 0 Å². The number of halogens is 2. The SMILES string of the molecule is Cc1ccc(Cl)c2c(=O)n(C)c(Cl)cc12. The summed E-state index contributed by atoms with van der Waals surface area (Å²) in [7, 11) is 1.63. The predicted molar refractivity (Wildman–Crippen MR) is 63.9 cm³/mol. The number of fused-ring (bicyclic) bond motifs is 1.